The number of amides is 2. The molecule has 0 aromatic heterocycles. The van der Waals surface area contributed by atoms with Gasteiger partial charge in [0.25, 0.3) is 5.91 Å². The third-order valence-electron chi connectivity index (χ3n) is 3.87. The van der Waals surface area contributed by atoms with E-state index < -0.39 is 0 Å². The number of hydrogen-bond donors (Lipinski definition) is 2. The van der Waals surface area contributed by atoms with E-state index in [-0.39, 0.29) is 24.8 Å². The normalized spacial score (nSPS) is 9.83. The summed E-state index contributed by atoms with van der Waals surface area (Å²) in [6.07, 6.45) is 0.768. The second-order valence-corrected chi connectivity index (χ2v) is 5.97. The first-order chi connectivity index (χ1) is 14.0. The highest BCUT2D eigenvalue weighted by atomic mass is 16.5. The number of carbonyl (C=O) groups is 2. The lowest BCUT2D eigenvalue weighted by Gasteiger charge is -2.11. The predicted octanol–water partition coefficient (Wildman–Crippen LogP) is 2.49. The van der Waals surface area contributed by atoms with Gasteiger partial charge in [0.2, 0.25) is 5.91 Å². The molecule has 2 rings (SSSR count). The van der Waals surface area contributed by atoms with E-state index in [9.17, 15) is 9.59 Å². The van der Waals surface area contributed by atoms with E-state index in [1.807, 2.05) is 6.07 Å². The summed E-state index contributed by atoms with van der Waals surface area (Å²) in [6.45, 7) is 0.231. The van der Waals surface area contributed by atoms with Crippen molar-refractivity contribution in [2.75, 3.05) is 32.7 Å². The standard InChI is InChI=1S/C21H23N3O5/c1-23-21(26)14-29-17-6-3-5-16(12-17)24-20(25)7-4-10-28-18-9-8-15(13-22)11-19(18)27-2/h3,5-6,8-9,11-12H,4,7,10,14H2,1-2H3,(H,23,26)(H,24,25). The molecule has 0 saturated heterocycles. The Morgan fingerprint density at radius 2 is 1.90 bits per heavy atom. The molecule has 0 radical (unpaired) electrons. The largest absolute Gasteiger partial charge is 0.493 e. The lowest BCUT2D eigenvalue weighted by molar-refractivity contribution is -0.122. The van der Waals surface area contributed by atoms with E-state index in [4.69, 9.17) is 19.5 Å². The highest BCUT2D eigenvalue weighted by Gasteiger charge is 2.08. The average molecular weight is 397 g/mol. The molecule has 0 spiro atoms. The highest BCUT2D eigenvalue weighted by molar-refractivity contribution is 5.90. The first-order valence-corrected chi connectivity index (χ1v) is 9.00. The van der Waals surface area contributed by atoms with Crippen LogP contribution in [0.1, 0.15) is 18.4 Å². The van der Waals surface area contributed by atoms with Crippen LogP contribution in [0.15, 0.2) is 42.5 Å². The van der Waals surface area contributed by atoms with Crippen LogP contribution in [0.25, 0.3) is 0 Å². The van der Waals surface area contributed by atoms with E-state index in [2.05, 4.69) is 10.6 Å². The number of methoxy groups -OCH3 is 1. The van der Waals surface area contributed by atoms with E-state index in [1.54, 1.807) is 42.5 Å². The summed E-state index contributed by atoms with van der Waals surface area (Å²) in [6, 6.07) is 13.8. The number of rotatable bonds is 10. The fraction of sp³-hybridized carbons (Fsp3) is 0.286. The van der Waals surface area contributed by atoms with E-state index in [0.717, 1.165) is 0 Å². The molecule has 0 saturated carbocycles. The van der Waals surface area contributed by atoms with Gasteiger partial charge in [-0.15, -0.1) is 0 Å². The monoisotopic (exact) mass is 397 g/mol. The molecule has 29 heavy (non-hydrogen) atoms. The molecular formula is C21H23N3O5. The molecule has 0 fully saturated rings. The SMILES string of the molecule is CNC(=O)COc1cccc(NC(=O)CCCOc2ccc(C#N)cc2OC)c1. The topological polar surface area (TPSA) is 110 Å². The minimum atomic E-state index is -0.238. The van der Waals surface area contributed by atoms with Gasteiger partial charge in [-0.3, -0.25) is 9.59 Å². The number of benzene rings is 2. The van der Waals surface area contributed by atoms with Crippen molar-refractivity contribution in [3.05, 3.63) is 48.0 Å². The number of likely N-dealkylation sites (N-methyl/N-ethyl adjacent to an activating group) is 1. The molecule has 2 amide bonds. The maximum atomic E-state index is 12.1. The zero-order chi connectivity index (χ0) is 21.1. The van der Waals surface area contributed by atoms with Gasteiger partial charge < -0.3 is 24.8 Å². The Kier molecular flexibility index (Phi) is 8.32. The summed E-state index contributed by atoms with van der Waals surface area (Å²) in [5, 5.41) is 14.2. The van der Waals surface area contributed by atoms with Crippen LogP contribution in [0.3, 0.4) is 0 Å². The third kappa shape index (κ3) is 7.07. The molecule has 2 N–H and O–H groups in total. The van der Waals surface area contributed by atoms with Crippen molar-refractivity contribution in [2.45, 2.75) is 12.8 Å². The molecule has 0 aliphatic rings. The number of nitriles is 1. The van der Waals surface area contributed by atoms with Gasteiger partial charge >= 0.3 is 0 Å². The van der Waals surface area contributed by atoms with Crippen molar-refractivity contribution < 1.29 is 23.8 Å². The van der Waals surface area contributed by atoms with Gasteiger partial charge in [0.1, 0.15) is 5.75 Å². The summed E-state index contributed by atoms with van der Waals surface area (Å²) in [7, 11) is 3.03. The number of anilines is 1. The zero-order valence-electron chi connectivity index (χ0n) is 16.4. The van der Waals surface area contributed by atoms with E-state index in [0.29, 0.717) is 41.5 Å². The van der Waals surface area contributed by atoms with E-state index >= 15 is 0 Å². The molecule has 152 valence electrons. The van der Waals surface area contributed by atoms with Crippen molar-refractivity contribution >= 4 is 17.5 Å². The molecule has 0 bridgehead atoms. The van der Waals surface area contributed by atoms with Crippen molar-refractivity contribution in [3.63, 3.8) is 0 Å². The Labute approximate surface area is 169 Å². The minimum Gasteiger partial charge on any atom is -0.493 e. The van der Waals surface area contributed by atoms with Gasteiger partial charge in [0.15, 0.2) is 18.1 Å². The predicted molar refractivity (Wildman–Crippen MR) is 107 cm³/mol. The average Bonchev–Trinajstić information content (AvgIpc) is 2.75. The first kappa shape index (κ1) is 21.6. The summed E-state index contributed by atoms with van der Waals surface area (Å²) >= 11 is 0. The molecule has 8 heteroatoms. The first-order valence-electron chi connectivity index (χ1n) is 9.00. The lowest BCUT2D eigenvalue weighted by atomic mass is 10.2. The number of hydrogen-bond acceptors (Lipinski definition) is 6. The minimum absolute atomic E-state index is 0.0932. The van der Waals surface area contributed by atoms with Crippen LogP contribution in [0, 0.1) is 11.3 Å². The van der Waals surface area contributed by atoms with Crippen LogP contribution in [0.5, 0.6) is 17.2 Å². The summed E-state index contributed by atoms with van der Waals surface area (Å²) in [5.74, 6) is 1.08. The van der Waals surface area contributed by atoms with Gasteiger partial charge in [-0.1, -0.05) is 6.07 Å². The molecular weight excluding hydrogens is 374 g/mol. The van der Waals surface area contributed by atoms with Crippen molar-refractivity contribution in [2.24, 2.45) is 0 Å². The molecule has 0 unspecified atom stereocenters. The van der Waals surface area contributed by atoms with Crippen molar-refractivity contribution in [1.82, 2.24) is 5.32 Å². The Hall–Kier alpha value is -3.73. The van der Waals surface area contributed by atoms with Crippen LogP contribution in [0.4, 0.5) is 5.69 Å². The van der Waals surface area contributed by atoms with Crippen LogP contribution < -0.4 is 24.8 Å². The van der Waals surface area contributed by atoms with Gasteiger partial charge in [0.05, 0.1) is 25.3 Å². The summed E-state index contributed by atoms with van der Waals surface area (Å²) < 4.78 is 16.2. The number of nitrogens with one attached hydrogen (secondary N) is 2. The lowest BCUT2D eigenvalue weighted by Crippen LogP contribution is -2.24. The van der Waals surface area contributed by atoms with Crippen molar-refractivity contribution in [1.29, 1.82) is 5.26 Å². The highest BCUT2D eigenvalue weighted by Crippen LogP contribution is 2.28. The van der Waals surface area contributed by atoms with Gasteiger partial charge in [-0.05, 0) is 30.7 Å². The fourth-order valence-electron chi connectivity index (χ4n) is 2.38. The third-order valence-corrected chi connectivity index (χ3v) is 3.87. The molecule has 2 aromatic carbocycles. The van der Waals surface area contributed by atoms with Crippen LogP contribution in [-0.2, 0) is 9.59 Å². The molecule has 8 nitrogen and oxygen atoms in total. The number of nitrogens with zero attached hydrogens (tertiary/aromatic N) is 1. The fourth-order valence-corrected chi connectivity index (χ4v) is 2.38. The van der Waals surface area contributed by atoms with Gasteiger partial charge in [-0.25, -0.2) is 0 Å². The second kappa shape index (κ2) is 11.2. The molecule has 0 aliphatic carbocycles. The summed E-state index contributed by atoms with van der Waals surface area (Å²) in [5.41, 5.74) is 1.06. The quantitative estimate of drug-likeness (QED) is 0.596. The Morgan fingerprint density at radius 1 is 1.07 bits per heavy atom. The van der Waals surface area contributed by atoms with Crippen LogP contribution in [-0.4, -0.2) is 39.2 Å². The Bertz CT molecular complexity index is 892. The second-order valence-electron chi connectivity index (χ2n) is 5.97. The van der Waals surface area contributed by atoms with E-state index in [1.165, 1.54) is 14.2 Å². The van der Waals surface area contributed by atoms with Crippen LogP contribution in [0.2, 0.25) is 0 Å². The maximum absolute atomic E-state index is 12.1. The molecule has 0 aliphatic heterocycles. The molecule has 2 aromatic rings. The van der Waals surface area contributed by atoms with Gasteiger partial charge in [-0.2, -0.15) is 5.26 Å². The number of ether oxygens (including phenoxy) is 3. The van der Waals surface area contributed by atoms with Gasteiger partial charge in [0, 0.05) is 31.3 Å². The number of carbonyl (C=O) groups excluding carboxylic acids is 2. The zero-order valence-corrected chi connectivity index (χ0v) is 16.4. The molecule has 0 heterocycles. The van der Waals surface area contributed by atoms with Crippen LogP contribution >= 0.6 is 0 Å². The van der Waals surface area contributed by atoms with Crippen molar-refractivity contribution in [3.8, 4) is 23.3 Å². The summed E-state index contributed by atoms with van der Waals surface area (Å²) in [4.78, 5) is 23.4. The Morgan fingerprint density at radius 3 is 2.62 bits per heavy atom. The molecule has 0 atom stereocenters. The smallest absolute Gasteiger partial charge is 0.257 e. The Balaban J connectivity index is 1.78. The maximum Gasteiger partial charge on any atom is 0.257 e.